The largest absolute Gasteiger partial charge is 0.365 e. The van der Waals surface area contributed by atoms with E-state index in [1.54, 1.807) is 6.33 Å². The second kappa shape index (κ2) is 6.60. The fourth-order valence-corrected chi connectivity index (χ4v) is 3.93. The minimum Gasteiger partial charge on any atom is -0.365 e. The smallest absolute Gasteiger partial charge is 0.195 e. The molecule has 0 atom stereocenters. The lowest BCUT2D eigenvalue weighted by Crippen LogP contribution is -2.11. The number of benzene rings is 2. The van der Waals surface area contributed by atoms with Crippen molar-refractivity contribution in [3.63, 3.8) is 0 Å². The van der Waals surface area contributed by atoms with Gasteiger partial charge in [-0.05, 0) is 28.7 Å². The van der Waals surface area contributed by atoms with Gasteiger partial charge in [0.2, 0.25) is 0 Å². The van der Waals surface area contributed by atoms with Crippen LogP contribution in [0.15, 0.2) is 42.7 Å². The average Bonchev–Trinajstić information content (AvgIpc) is 3.09. The molecule has 0 radical (unpaired) electrons. The standard InChI is InChI=1S/C21H19N5S/c1-21(2,3)14-6-4-13(5-7-14)11-23-20-18-15(24-12-25-20)8-9-16-19(18)27-17(10-22)26-16/h4-9,12H,11H2,1-3H3,(H,23,24,25). The minimum atomic E-state index is 0.144. The van der Waals surface area contributed by atoms with Gasteiger partial charge in [-0.15, -0.1) is 11.3 Å². The summed E-state index contributed by atoms with van der Waals surface area (Å²) < 4.78 is 0.940. The molecule has 0 saturated heterocycles. The summed E-state index contributed by atoms with van der Waals surface area (Å²) in [6.07, 6.45) is 1.56. The molecule has 2 aromatic heterocycles. The topological polar surface area (TPSA) is 74.5 Å². The summed E-state index contributed by atoms with van der Waals surface area (Å²) in [6, 6.07) is 14.6. The second-order valence-corrected chi connectivity index (χ2v) is 8.46. The SMILES string of the molecule is CC(C)(C)c1ccc(CNc2ncnc3ccc4nc(C#N)sc4c23)cc1. The van der Waals surface area contributed by atoms with Gasteiger partial charge in [0.05, 0.1) is 21.1 Å². The van der Waals surface area contributed by atoms with E-state index in [-0.39, 0.29) is 5.41 Å². The van der Waals surface area contributed by atoms with Crippen LogP contribution in [0.4, 0.5) is 5.82 Å². The normalized spacial score (nSPS) is 11.6. The monoisotopic (exact) mass is 373 g/mol. The number of nitriles is 1. The van der Waals surface area contributed by atoms with Gasteiger partial charge >= 0.3 is 0 Å². The number of nitrogens with one attached hydrogen (secondary N) is 1. The van der Waals surface area contributed by atoms with Crippen molar-refractivity contribution >= 4 is 38.3 Å². The molecule has 0 spiro atoms. The second-order valence-electron chi connectivity index (χ2n) is 7.46. The van der Waals surface area contributed by atoms with Crippen LogP contribution in [0.2, 0.25) is 0 Å². The summed E-state index contributed by atoms with van der Waals surface area (Å²) in [6.45, 7) is 7.30. The summed E-state index contributed by atoms with van der Waals surface area (Å²) in [4.78, 5) is 13.2. The van der Waals surface area contributed by atoms with Gasteiger partial charge in [-0.3, -0.25) is 0 Å². The molecular formula is C21H19N5S. The predicted molar refractivity (Wildman–Crippen MR) is 110 cm³/mol. The molecule has 0 bridgehead atoms. The zero-order valence-corrected chi connectivity index (χ0v) is 16.3. The van der Waals surface area contributed by atoms with E-state index in [1.807, 2.05) is 12.1 Å². The van der Waals surface area contributed by atoms with Crippen LogP contribution in [-0.2, 0) is 12.0 Å². The molecule has 1 N–H and O–H groups in total. The molecule has 0 aliphatic heterocycles. The Morgan fingerprint density at radius 2 is 1.78 bits per heavy atom. The molecule has 134 valence electrons. The van der Waals surface area contributed by atoms with Crippen LogP contribution >= 0.6 is 11.3 Å². The van der Waals surface area contributed by atoms with Gasteiger partial charge < -0.3 is 5.32 Å². The molecule has 0 aliphatic carbocycles. The Morgan fingerprint density at radius 3 is 2.48 bits per heavy atom. The van der Waals surface area contributed by atoms with Crippen LogP contribution in [-0.4, -0.2) is 15.0 Å². The molecule has 4 aromatic rings. The maximum Gasteiger partial charge on any atom is 0.195 e. The Bertz CT molecular complexity index is 1160. The van der Waals surface area contributed by atoms with Crippen LogP contribution in [0.1, 0.15) is 36.9 Å². The Balaban J connectivity index is 1.68. The first-order chi connectivity index (χ1) is 13.0. The highest BCUT2D eigenvalue weighted by atomic mass is 32.1. The van der Waals surface area contributed by atoms with E-state index in [0.717, 1.165) is 26.9 Å². The van der Waals surface area contributed by atoms with Crippen molar-refractivity contribution < 1.29 is 0 Å². The Labute approximate surface area is 161 Å². The number of anilines is 1. The zero-order valence-electron chi connectivity index (χ0n) is 15.4. The summed E-state index contributed by atoms with van der Waals surface area (Å²) in [7, 11) is 0. The molecule has 0 amide bonds. The van der Waals surface area contributed by atoms with Gasteiger partial charge in [0.25, 0.3) is 0 Å². The number of thiazole rings is 1. The van der Waals surface area contributed by atoms with Crippen molar-refractivity contribution in [2.45, 2.75) is 32.7 Å². The quantitative estimate of drug-likeness (QED) is 0.546. The van der Waals surface area contributed by atoms with Crippen LogP contribution in [0.5, 0.6) is 0 Å². The highest BCUT2D eigenvalue weighted by molar-refractivity contribution is 7.20. The van der Waals surface area contributed by atoms with Crippen molar-refractivity contribution in [3.05, 3.63) is 58.9 Å². The third-order valence-corrected chi connectivity index (χ3v) is 5.52. The minimum absolute atomic E-state index is 0.144. The zero-order chi connectivity index (χ0) is 19.0. The van der Waals surface area contributed by atoms with E-state index in [4.69, 9.17) is 5.26 Å². The number of hydrogen-bond donors (Lipinski definition) is 1. The molecule has 2 aromatic carbocycles. The highest BCUT2D eigenvalue weighted by Gasteiger charge is 2.14. The maximum absolute atomic E-state index is 9.16. The summed E-state index contributed by atoms with van der Waals surface area (Å²) in [5.41, 5.74) is 4.29. The van der Waals surface area contributed by atoms with Crippen molar-refractivity contribution in [2.75, 3.05) is 5.32 Å². The van der Waals surface area contributed by atoms with Crippen LogP contribution in [0.25, 0.3) is 21.1 Å². The fourth-order valence-electron chi connectivity index (χ4n) is 3.02. The predicted octanol–water partition coefficient (Wildman–Crippen LogP) is 5.02. The Morgan fingerprint density at radius 1 is 1.04 bits per heavy atom. The summed E-state index contributed by atoms with van der Waals surface area (Å²) >= 11 is 1.38. The van der Waals surface area contributed by atoms with E-state index in [9.17, 15) is 0 Å². The molecule has 0 saturated carbocycles. The van der Waals surface area contributed by atoms with Gasteiger partial charge in [-0.1, -0.05) is 45.0 Å². The molecule has 0 aliphatic rings. The Kier molecular flexibility index (Phi) is 4.25. The van der Waals surface area contributed by atoms with E-state index in [2.05, 4.69) is 71.4 Å². The third-order valence-electron chi connectivity index (χ3n) is 4.53. The first-order valence-corrected chi connectivity index (χ1v) is 9.55. The van der Waals surface area contributed by atoms with Gasteiger partial charge in [-0.25, -0.2) is 15.0 Å². The average molecular weight is 373 g/mol. The molecule has 5 nitrogen and oxygen atoms in total. The summed E-state index contributed by atoms with van der Waals surface area (Å²) in [5.74, 6) is 0.763. The molecule has 2 heterocycles. The molecule has 0 unspecified atom stereocenters. The maximum atomic E-state index is 9.16. The van der Waals surface area contributed by atoms with Crippen molar-refractivity contribution in [2.24, 2.45) is 0 Å². The van der Waals surface area contributed by atoms with Gasteiger partial charge in [0.1, 0.15) is 18.2 Å². The van der Waals surface area contributed by atoms with Crippen molar-refractivity contribution in [1.29, 1.82) is 5.26 Å². The lowest BCUT2D eigenvalue weighted by molar-refractivity contribution is 0.590. The van der Waals surface area contributed by atoms with E-state index >= 15 is 0 Å². The number of fused-ring (bicyclic) bond motifs is 3. The van der Waals surface area contributed by atoms with Gasteiger partial charge in [-0.2, -0.15) is 5.26 Å². The van der Waals surface area contributed by atoms with Crippen LogP contribution < -0.4 is 5.32 Å². The van der Waals surface area contributed by atoms with E-state index in [0.29, 0.717) is 11.6 Å². The molecule has 4 rings (SSSR count). The molecule has 0 fully saturated rings. The lowest BCUT2D eigenvalue weighted by Gasteiger charge is -2.19. The Hall–Kier alpha value is -3.04. The number of rotatable bonds is 3. The molecule has 27 heavy (non-hydrogen) atoms. The third kappa shape index (κ3) is 3.34. The van der Waals surface area contributed by atoms with Crippen molar-refractivity contribution in [3.8, 4) is 6.07 Å². The number of aromatic nitrogens is 3. The lowest BCUT2D eigenvalue weighted by atomic mass is 9.87. The van der Waals surface area contributed by atoms with Crippen LogP contribution in [0.3, 0.4) is 0 Å². The number of hydrogen-bond acceptors (Lipinski definition) is 6. The van der Waals surface area contributed by atoms with Crippen molar-refractivity contribution in [1.82, 2.24) is 15.0 Å². The number of nitrogens with zero attached hydrogens (tertiary/aromatic N) is 4. The molecule has 6 heteroatoms. The first-order valence-electron chi connectivity index (χ1n) is 8.73. The van der Waals surface area contributed by atoms with E-state index < -0.39 is 0 Å². The fraction of sp³-hybridized carbons (Fsp3) is 0.238. The van der Waals surface area contributed by atoms with E-state index in [1.165, 1.54) is 22.5 Å². The first kappa shape index (κ1) is 17.4. The highest BCUT2D eigenvalue weighted by Crippen LogP contribution is 2.33. The van der Waals surface area contributed by atoms with Gasteiger partial charge in [0.15, 0.2) is 5.01 Å². The van der Waals surface area contributed by atoms with Crippen LogP contribution in [0, 0.1) is 11.3 Å². The molecular weight excluding hydrogens is 354 g/mol. The van der Waals surface area contributed by atoms with Gasteiger partial charge in [0, 0.05) is 6.54 Å². The summed E-state index contributed by atoms with van der Waals surface area (Å²) in [5, 5.41) is 14.0.